The minimum absolute atomic E-state index is 0.250. The number of rotatable bonds is 9. The third-order valence-electron chi connectivity index (χ3n) is 7.64. The van der Waals surface area contributed by atoms with Crippen molar-refractivity contribution in [3.05, 3.63) is 83.4 Å². The van der Waals surface area contributed by atoms with Gasteiger partial charge in [0, 0.05) is 24.1 Å². The SMILES string of the molecule is COc1ccc([C@@]23Oc4cc(OCCCCN)cc(OC)c4[C@]2(O)[C@H](O)[C@H](N)[C@H]3c2ccccc2)cc1.O=CO.O=CO. The lowest BCUT2D eigenvalue weighted by Gasteiger charge is -2.40. The van der Waals surface area contributed by atoms with E-state index in [9.17, 15) is 10.2 Å². The predicted molar refractivity (Wildman–Crippen MR) is 157 cm³/mol. The Labute approximate surface area is 249 Å². The molecule has 0 spiro atoms. The van der Waals surface area contributed by atoms with E-state index in [2.05, 4.69) is 0 Å². The zero-order chi connectivity index (χ0) is 31.6. The lowest BCUT2D eigenvalue weighted by Crippen LogP contribution is -2.52. The second-order valence-corrected chi connectivity index (χ2v) is 9.80. The number of carboxylic acid groups (broad SMARTS) is 2. The van der Waals surface area contributed by atoms with Crippen molar-refractivity contribution in [1.82, 2.24) is 0 Å². The molecule has 43 heavy (non-hydrogen) atoms. The van der Waals surface area contributed by atoms with Gasteiger partial charge < -0.3 is 50.8 Å². The maximum absolute atomic E-state index is 12.6. The minimum Gasteiger partial charge on any atom is -0.497 e. The van der Waals surface area contributed by atoms with Crippen LogP contribution in [0.1, 0.15) is 35.4 Å². The number of benzene rings is 3. The monoisotopic (exact) mass is 598 g/mol. The second kappa shape index (κ2) is 14.7. The Hall–Kier alpha value is -4.36. The first-order valence-corrected chi connectivity index (χ1v) is 13.5. The number of hydrogen-bond acceptors (Lipinski definition) is 10. The summed E-state index contributed by atoms with van der Waals surface area (Å²) in [5.74, 6) is 1.33. The molecular formula is C31H38N2O10. The predicted octanol–water partition coefficient (Wildman–Crippen LogP) is 2.18. The fraction of sp³-hybridized carbons (Fsp3) is 0.355. The van der Waals surface area contributed by atoms with E-state index in [4.69, 9.17) is 50.2 Å². The van der Waals surface area contributed by atoms with Gasteiger partial charge in [0.1, 0.15) is 29.1 Å². The lowest BCUT2D eigenvalue weighted by molar-refractivity contribution is -0.150. The summed E-state index contributed by atoms with van der Waals surface area (Å²) in [5.41, 5.74) is 10.8. The number of ether oxygens (including phenoxy) is 4. The zero-order valence-corrected chi connectivity index (χ0v) is 24.0. The zero-order valence-electron chi connectivity index (χ0n) is 24.0. The molecule has 0 saturated heterocycles. The van der Waals surface area contributed by atoms with E-state index in [1.165, 1.54) is 7.11 Å². The fourth-order valence-corrected chi connectivity index (χ4v) is 5.95. The van der Waals surface area contributed by atoms with E-state index in [1.807, 2.05) is 42.5 Å². The molecule has 0 bridgehead atoms. The Morgan fingerprint density at radius 2 is 1.56 bits per heavy atom. The van der Waals surface area contributed by atoms with Gasteiger partial charge in [-0.2, -0.15) is 0 Å². The van der Waals surface area contributed by atoms with Gasteiger partial charge in [-0.3, -0.25) is 9.59 Å². The van der Waals surface area contributed by atoms with Crippen molar-refractivity contribution in [2.24, 2.45) is 11.5 Å². The molecule has 5 atom stereocenters. The first kappa shape index (κ1) is 33.1. The highest BCUT2D eigenvalue weighted by Crippen LogP contribution is 2.68. The summed E-state index contributed by atoms with van der Waals surface area (Å²) in [7, 11) is 3.11. The molecule has 0 amide bonds. The summed E-state index contributed by atoms with van der Waals surface area (Å²) in [6.07, 6.45) is 0.299. The molecule has 1 heterocycles. The van der Waals surface area contributed by atoms with Crippen molar-refractivity contribution in [3.63, 3.8) is 0 Å². The molecule has 0 radical (unpaired) electrons. The number of methoxy groups -OCH3 is 2. The maximum Gasteiger partial charge on any atom is 0.290 e. The van der Waals surface area contributed by atoms with E-state index >= 15 is 0 Å². The molecule has 5 rings (SSSR count). The van der Waals surface area contributed by atoms with Gasteiger partial charge in [0.15, 0.2) is 11.2 Å². The highest BCUT2D eigenvalue weighted by molar-refractivity contribution is 5.63. The van der Waals surface area contributed by atoms with Crippen LogP contribution >= 0.6 is 0 Å². The van der Waals surface area contributed by atoms with Crippen molar-refractivity contribution in [2.45, 2.75) is 42.1 Å². The third-order valence-corrected chi connectivity index (χ3v) is 7.64. The quantitative estimate of drug-likeness (QED) is 0.155. The average Bonchev–Trinajstić information content (AvgIpc) is 3.38. The highest BCUT2D eigenvalue weighted by Gasteiger charge is 2.76. The number of carbonyl (C=O) groups is 2. The van der Waals surface area contributed by atoms with Gasteiger partial charge in [-0.1, -0.05) is 42.5 Å². The molecular weight excluding hydrogens is 560 g/mol. The molecule has 232 valence electrons. The van der Waals surface area contributed by atoms with Gasteiger partial charge in [0.05, 0.1) is 26.4 Å². The Morgan fingerprint density at radius 3 is 2.12 bits per heavy atom. The summed E-state index contributed by atoms with van der Waals surface area (Å²) < 4.78 is 23.8. The summed E-state index contributed by atoms with van der Waals surface area (Å²) in [4.78, 5) is 16.7. The molecule has 2 aliphatic rings. The number of unbranched alkanes of at least 4 members (excludes halogenated alkanes) is 1. The van der Waals surface area contributed by atoms with Crippen molar-refractivity contribution in [1.29, 1.82) is 0 Å². The van der Waals surface area contributed by atoms with Crippen LogP contribution < -0.4 is 30.4 Å². The number of aliphatic hydroxyl groups excluding tert-OH is 1. The van der Waals surface area contributed by atoms with Crippen LogP contribution in [-0.2, 0) is 20.8 Å². The molecule has 0 unspecified atom stereocenters. The second-order valence-electron chi connectivity index (χ2n) is 9.80. The number of aliphatic hydroxyl groups is 2. The molecule has 1 aliphatic heterocycles. The first-order chi connectivity index (χ1) is 20.7. The van der Waals surface area contributed by atoms with Gasteiger partial charge in [0.25, 0.3) is 12.9 Å². The minimum atomic E-state index is -1.92. The Morgan fingerprint density at radius 1 is 0.930 bits per heavy atom. The normalized spacial score (nSPS) is 24.5. The standard InChI is InChI=1S/C29H34N2O6.2CH2O2/c1-34-20-12-10-19(11-13-20)29-24(18-8-4-3-5-9-18)26(31)27(32)28(29,33)25-22(35-2)16-21(17-23(25)37-29)36-15-7-6-14-30;2*2-1-3/h3-5,8-13,16-17,24,26-27,32-33H,6-7,14-15,30-31H2,1-2H3;2*1H,(H,2,3)/t24-,26-,27-,28+,29+;;/m1../s1. The van der Waals surface area contributed by atoms with Gasteiger partial charge in [-0.25, -0.2) is 0 Å². The van der Waals surface area contributed by atoms with Crippen molar-refractivity contribution in [3.8, 4) is 23.0 Å². The van der Waals surface area contributed by atoms with Gasteiger partial charge in [-0.15, -0.1) is 0 Å². The van der Waals surface area contributed by atoms with Crippen LogP contribution in [0.25, 0.3) is 0 Å². The molecule has 1 aliphatic carbocycles. The van der Waals surface area contributed by atoms with Crippen LogP contribution in [0.3, 0.4) is 0 Å². The Bertz CT molecular complexity index is 1330. The summed E-state index contributed by atoms with van der Waals surface area (Å²) in [6.45, 7) is 0.573. The summed E-state index contributed by atoms with van der Waals surface area (Å²) >= 11 is 0. The van der Waals surface area contributed by atoms with Crippen molar-refractivity contribution in [2.75, 3.05) is 27.4 Å². The van der Waals surface area contributed by atoms with Crippen LogP contribution in [0.4, 0.5) is 0 Å². The van der Waals surface area contributed by atoms with Crippen LogP contribution in [0.2, 0.25) is 0 Å². The summed E-state index contributed by atoms with van der Waals surface area (Å²) in [5, 5.41) is 38.0. The number of hydrogen-bond donors (Lipinski definition) is 6. The molecule has 0 aromatic heterocycles. The average molecular weight is 599 g/mol. The van der Waals surface area contributed by atoms with Crippen molar-refractivity contribution >= 4 is 12.9 Å². The Kier molecular flexibility index (Phi) is 11.3. The number of nitrogens with two attached hydrogens (primary N) is 2. The molecule has 1 saturated carbocycles. The lowest BCUT2D eigenvalue weighted by atomic mass is 9.71. The molecule has 3 aromatic carbocycles. The molecule has 3 aromatic rings. The summed E-state index contributed by atoms with van der Waals surface area (Å²) in [6, 6.07) is 19.5. The molecule has 12 heteroatoms. The number of fused-ring (bicyclic) bond motifs is 3. The smallest absolute Gasteiger partial charge is 0.290 e. The van der Waals surface area contributed by atoms with Gasteiger partial charge >= 0.3 is 0 Å². The fourth-order valence-electron chi connectivity index (χ4n) is 5.95. The van der Waals surface area contributed by atoms with E-state index in [-0.39, 0.29) is 12.9 Å². The van der Waals surface area contributed by atoms with Gasteiger partial charge in [0.2, 0.25) is 0 Å². The largest absolute Gasteiger partial charge is 0.497 e. The van der Waals surface area contributed by atoms with Crippen molar-refractivity contribution < 1.29 is 49.0 Å². The van der Waals surface area contributed by atoms with Crippen LogP contribution in [0, 0.1) is 0 Å². The first-order valence-electron chi connectivity index (χ1n) is 13.5. The van der Waals surface area contributed by atoms with Crippen LogP contribution in [0.15, 0.2) is 66.7 Å². The molecule has 12 nitrogen and oxygen atoms in total. The Balaban J connectivity index is 0.000000780. The maximum atomic E-state index is 12.6. The van der Waals surface area contributed by atoms with Gasteiger partial charge in [-0.05, 0) is 42.6 Å². The molecule has 8 N–H and O–H groups in total. The van der Waals surface area contributed by atoms with Crippen LogP contribution in [0.5, 0.6) is 23.0 Å². The highest BCUT2D eigenvalue weighted by atomic mass is 16.5. The van der Waals surface area contributed by atoms with E-state index in [0.717, 1.165) is 18.4 Å². The van der Waals surface area contributed by atoms with E-state index < -0.39 is 29.3 Å². The molecule has 1 fully saturated rings. The van der Waals surface area contributed by atoms with Crippen LogP contribution in [-0.4, -0.2) is 72.9 Å². The van der Waals surface area contributed by atoms with E-state index in [0.29, 0.717) is 47.3 Å². The third kappa shape index (κ3) is 5.95. The van der Waals surface area contributed by atoms with E-state index in [1.54, 1.807) is 31.4 Å². The topological polar surface area (TPSA) is 204 Å².